The van der Waals surface area contributed by atoms with Gasteiger partial charge in [-0.05, 0) is 23.7 Å². The highest BCUT2D eigenvalue weighted by atomic mass is 35.5. The molecule has 4 nitrogen and oxygen atoms in total. The van der Waals surface area contributed by atoms with Crippen molar-refractivity contribution < 1.29 is 0 Å². The van der Waals surface area contributed by atoms with E-state index in [9.17, 15) is 0 Å². The van der Waals surface area contributed by atoms with Crippen LogP contribution >= 0.6 is 23.2 Å². The number of nitrogens with zero attached hydrogens (tertiary/aromatic N) is 3. The molecule has 0 amide bonds. The Labute approximate surface area is 108 Å². The van der Waals surface area contributed by atoms with Crippen LogP contribution in [0.5, 0.6) is 0 Å². The zero-order chi connectivity index (χ0) is 12.4. The summed E-state index contributed by atoms with van der Waals surface area (Å²) in [5.41, 5.74) is 7.47. The first-order valence-electron chi connectivity index (χ1n) is 4.60. The van der Waals surface area contributed by atoms with Crippen LogP contribution in [0, 0.1) is 11.3 Å². The summed E-state index contributed by atoms with van der Waals surface area (Å²) in [6.07, 6.45) is 1.50. The van der Waals surface area contributed by atoms with E-state index < -0.39 is 0 Å². The van der Waals surface area contributed by atoms with Gasteiger partial charge in [-0.3, -0.25) is 0 Å². The molecule has 0 aliphatic carbocycles. The summed E-state index contributed by atoms with van der Waals surface area (Å²) in [6, 6.07) is 6.91. The van der Waals surface area contributed by atoms with Crippen LogP contribution in [0.15, 0.2) is 24.4 Å². The molecule has 0 saturated carbocycles. The zero-order valence-corrected chi connectivity index (χ0v) is 10.00. The second kappa shape index (κ2) is 4.58. The van der Waals surface area contributed by atoms with Crippen molar-refractivity contribution in [1.82, 2.24) is 9.97 Å². The number of halogens is 2. The van der Waals surface area contributed by atoms with Crippen molar-refractivity contribution in [1.29, 1.82) is 5.26 Å². The number of anilines is 1. The maximum Gasteiger partial charge on any atom is 0.224 e. The van der Waals surface area contributed by atoms with Gasteiger partial charge in [-0.15, -0.1) is 0 Å². The third-order valence-corrected chi connectivity index (χ3v) is 2.67. The molecule has 1 heterocycles. The number of rotatable bonds is 1. The molecular weight excluding hydrogens is 259 g/mol. The monoisotopic (exact) mass is 264 g/mol. The fourth-order valence-electron chi connectivity index (χ4n) is 1.38. The molecule has 0 aliphatic heterocycles. The summed E-state index contributed by atoms with van der Waals surface area (Å²) in [4.78, 5) is 7.69. The van der Waals surface area contributed by atoms with E-state index in [4.69, 9.17) is 34.2 Å². The first-order chi connectivity index (χ1) is 8.11. The molecule has 0 radical (unpaired) electrons. The third kappa shape index (κ3) is 2.31. The lowest BCUT2D eigenvalue weighted by Gasteiger charge is -2.06. The Morgan fingerprint density at radius 1 is 1.24 bits per heavy atom. The van der Waals surface area contributed by atoms with Crippen LogP contribution in [0.2, 0.25) is 10.3 Å². The van der Waals surface area contributed by atoms with E-state index in [0.717, 1.165) is 0 Å². The number of hydrogen-bond acceptors (Lipinski definition) is 4. The van der Waals surface area contributed by atoms with Gasteiger partial charge in [0, 0.05) is 22.3 Å². The third-order valence-electron chi connectivity index (χ3n) is 2.18. The molecule has 0 bridgehead atoms. The molecule has 0 aliphatic rings. The van der Waals surface area contributed by atoms with Crippen LogP contribution in [0.1, 0.15) is 5.56 Å². The van der Waals surface area contributed by atoms with E-state index >= 15 is 0 Å². The number of nitrogens with two attached hydrogens (primary N) is 1. The van der Waals surface area contributed by atoms with Crippen molar-refractivity contribution in [2.45, 2.75) is 0 Å². The lowest BCUT2D eigenvalue weighted by Crippen LogP contribution is -1.96. The van der Waals surface area contributed by atoms with Crippen molar-refractivity contribution >= 4 is 29.0 Å². The summed E-state index contributed by atoms with van der Waals surface area (Å²) < 4.78 is 0. The maximum atomic E-state index is 8.74. The lowest BCUT2D eigenvalue weighted by molar-refractivity contribution is 1.18. The summed E-state index contributed by atoms with van der Waals surface area (Å²) in [5.74, 6) is 0.247. The zero-order valence-electron chi connectivity index (χ0n) is 8.48. The molecule has 2 aromatic rings. The number of nitrogen functional groups attached to an aromatic ring is 1. The Hall–Kier alpha value is -1.83. The normalized spacial score (nSPS) is 9.94. The summed E-state index contributed by atoms with van der Waals surface area (Å²) in [7, 11) is 0. The van der Waals surface area contributed by atoms with Crippen LogP contribution in [-0.4, -0.2) is 9.97 Å². The van der Waals surface area contributed by atoms with E-state index in [0.29, 0.717) is 21.7 Å². The van der Waals surface area contributed by atoms with Gasteiger partial charge in [0.2, 0.25) is 5.28 Å². The second-order valence-electron chi connectivity index (χ2n) is 3.24. The molecule has 0 atom stereocenters. The van der Waals surface area contributed by atoms with Crippen LogP contribution in [0.3, 0.4) is 0 Å². The minimum atomic E-state index is 0.0796. The van der Waals surface area contributed by atoms with Crippen molar-refractivity contribution in [3.05, 3.63) is 40.3 Å². The summed E-state index contributed by atoms with van der Waals surface area (Å²) in [6.45, 7) is 0. The largest absolute Gasteiger partial charge is 0.383 e. The Bertz CT molecular complexity index is 619. The molecule has 17 heavy (non-hydrogen) atoms. The van der Waals surface area contributed by atoms with E-state index in [1.807, 2.05) is 6.07 Å². The van der Waals surface area contributed by atoms with Gasteiger partial charge in [0.25, 0.3) is 0 Å². The molecule has 2 N–H and O–H groups in total. The summed E-state index contributed by atoms with van der Waals surface area (Å²) in [5, 5.41) is 9.24. The molecule has 2 rings (SSSR count). The molecule has 1 aromatic carbocycles. The van der Waals surface area contributed by atoms with Gasteiger partial charge < -0.3 is 5.73 Å². The van der Waals surface area contributed by atoms with E-state index in [1.54, 1.807) is 18.2 Å². The average molecular weight is 265 g/mol. The fourth-order valence-corrected chi connectivity index (χ4v) is 1.81. The second-order valence-corrected chi connectivity index (χ2v) is 3.99. The molecule has 0 fully saturated rings. The predicted octanol–water partition coefficient (Wildman–Crippen LogP) is 2.90. The molecule has 6 heteroatoms. The smallest absolute Gasteiger partial charge is 0.224 e. The Balaban J connectivity index is 2.58. The van der Waals surface area contributed by atoms with Gasteiger partial charge in [-0.2, -0.15) is 5.26 Å². The van der Waals surface area contributed by atoms with Crippen molar-refractivity contribution in [3.63, 3.8) is 0 Å². The standard InChI is InChI=1S/C11H6Cl2N4/c12-9-3-6(4-14)1-2-7(9)8-5-16-11(13)17-10(8)15/h1-3,5H,(H2,15,16,17). The first kappa shape index (κ1) is 11.6. The molecule has 84 valence electrons. The Morgan fingerprint density at radius 2 is 2.00 bits per heavy atom. The predicted molar refractivity (Wildman–Crippen MR) is 66.6 cm³/mol. The van der Waals surface area contributed by atoms with E-state index in [-0.39, 0.29) is 11.1 Å². The van der Waals surface area contributed by atoms with Crippen LogP contribution in [0.25, 0.3) is 11.1 Å². The number of benzene rings is 1. The Morgan fingerprint density at radius 3 is 2.59 bits per heavy atom. The first-order valence-corrected chi connectivity index (χ1v) is 5.35. The maximum absolute atomic E-state index is 8.74. The van der Waals surface area contributed by atoms with Crippen molar-refractivity contribution in [2.75, 3.05) is 5.73 Å². The van der Waals surface area contributed by atoms with Gasteiger partial charge in [-0.1, -0.05) is 17.7 Å². The van der Waals surface area contributed by atoms with Gasteiger partial charge in [0.05, 0.1) is 11.6 Å². The van der Waals surface area contributed by atoms with Gasteiger partial charge in [0.1, 0.15) is 5.82 Å². The van der Waals surface area contributed by atoms with E-state index in [1.165, 1.54) is 6.20 Å². The highest BCUT2D eigenvalue weighted by Crippen LogP contribution is 2.31. The summed E-state index contributed by atoms with van der Waals surface area (Å²) >= 11 is 11.7. The lowest BCUT2D eigenvalue weighted by atomic mass is 10.1. The number of hydrogen-bond donors (Lipinski definition) is 1. The SMILES string of the molecule is N#Cc1ccc(-c2cnc(Cl)nc2N)c(Cl)c1. The highest BCUT2D eigenvalue weighted by Gasteiger charge is 2.10. The number of aromatic nitrogens is 2. The quantitative estimate of drug-likeness (QED) is 0.804. The Kier molecular flexibility index (Phi) is 3.14. The van der Waals surface area contributed by atoms with Crippen molar-refractivity contribution in [3.8, 4) is 17.2 Å². The molecule has 1 aromatic heterocycles. The van der Waals surface area contributed by atoms with Gasteiger partial charge >= 0.3 is 0 Å². The average Bonchev–Trinajstić information content (AvgIpc) is 2.30. The fraction of sp³-hybridized carbons (Fsp3) is 0. The topological polar surface area (TPSA) is 75.6 Å². The van der Waals surface area contributed by atoms with Gasteiger partial charge in [0.15, 0.2) is 0 Å². The molecular formula is C11H6Cl2N4. The van der Waals surface area contributed by atoms with Crippen LogP contribution < -0.4 is 5.73 Å². The van der Waals surface area contributed by atoms with Gasteiger partial charge in [-0.25, -0.2) is 9.97 Å². The van der Waals surface area contributed by atoms with Crippen LogP contribution in [-0.2, 0) is 0 Å². The molecule has 0 saturated heterocycles. The van der Waals surface area contributed by atoms with Crippen LogP contribution in [0.4, 0.5) is 5.82 Å². The minimum Gasteiger partial charge on any atom is -0.383 e. The minimum absolute atomic E-state index is 0.0796. The van der Waals surface area contributed by atoms with Crippen molar-refractivity contribution in [2.24, 2.45) is 0 Å². The van der Waals surface area contributed by atoms with E-state index in [2.05, 4.69) is 9.97 Å². The highest BCUT2D eigenvalue weighted by molar-refractivity contribution is 6.33. The number of nitriles is 1. The molecule has 0 spiro atoms. The molecule has 0 unspecified atom stereocenters.